The van der Waals surface area contributed by atoms with Crippen molar-refractivity contribution in [1.29, 1.82) is 0 Å². The van der Waals surface area contributed by atoms with E-state index in [-0.39, 0.29) is 17.5 Å². The molecule has 0 fully saturated rings. The Bertz CT molecular complexity index is 692. The Morgan fingerprint density at radius 3 is 2.62 bits per heavy atom. The molecule has 0 bridgehead atoms. The molecule has 1 atom stereocenters. The second-order valence-corrected chi connectivity index (χ2v) is 5.36. The van der Waals surface area contributed by atoms with Gasteiger partial charge < -0.3 is 10.5 Å². The summed E-state index contributed by atoms with van der Waals surface area (Å²) in [7, 11) is 0. The van der Waals surface area contributed by atoms with Crippen LogP contribution in [-0.2, 0) is 0 Å². The smallest absolute Gasteiger partial charge is 0.311 e. The lowest BCUT2D eigenvalue weighted by atomic mass is 10.1. The second-order valence-electron chi connectivity index (χ2n) is 4.44. The summed E-state index contributed by atoms with van der Waals surface area (Å²) >= 11 is 3.29. The van der Waals surface area contributed by atoms with E-state index < -0.39 is 10.7 Å². The Balaban J connectivity index is 2.49. The third kappa shape index (κ3) is 3.56. The molecule has 5 nitrogen and oxygen atoms in total. The quantitative estimate of drug-likeness (QED) is 0.655. The van der Waals surface area contributed by atoms with Crippen molar-refractivity contribution >= 4 is 21.6 Å². The van der Waals surface area contributed by atoms with Crippen molar-refractivity contribution in [3.63, 3.8) is 0 Å². The first kappa shape index (κ1) is 15.4. The summed E-state index contributed by atoms with van der Waals surface area (Å²) in [6.07, 6.45) is 0. The van der Waals surface area contributed by atoms with Crippen molar-refractivity contribution < 1.29 is 14.1 Å². The molecular weight excluding hydrogens is 343 g/mol. The summed E-state index contributed by atoms with van der Waals surface area (Å²) in [5.41, 5.74) is 6.19. The highest BCUT2D eigenvalue weighted by Crippen LogP contribution is 2.36. The zero-order chi connectivity index (χ0) is 15.6. The first-order valence-electron chi connectivity index (χ1n) is 6.05. The summed E-state index contributed by atoms with van der Waals surface area (Å²) in [6, 6.07) is 7.88. The van der Waals surface area contributed by atoms with Gasteiger partial charge in [-0.2, -0.15) is 0 Å². The predicted molar refractivity (Wildman–Crippen MR) is 79.9 cm³/mol. The van der Waals surface area contributed by atoms with Gasteiger partial charge in [-0.15, -0.1) is 0 Å². The number of halogens is 2. The van der Waals surface area contributed by atoms with E-state index in [1.165, 1.54) is 0 Å². The molecule has 1 unspecified atom stereocenters. The maximum atomic E-state index is 13.3. The van der Waals surface area contributed by atoms with Crippen molar-refractivity contribution in [3.05, 3.63) is 62.4 Å². The summed E-state index contributed by atoms with van der Waals surface area (Å²) in [6.45, 7) is 1.76. The molecule has 0 aliphatic heterocycles. The molecule has 2 rings (SSSR count). The minimum atomic E-state index is -0.627. The van der Waals surface area contributed by atoms with Gasteiger partial charge in [-0.25, -0.2) is 4.39 Å². The topological polar surface area (TPSA) is 78.4 Å². The van der Waals surface area contributed by atoms with Crippen LogP contribution >= 0.6 is 15.9 Å². The molecule has 2 aromatic rings. The Hall–Kier alpha value is -1.99. The van der Waals surface area contributed by atoms with Gasteiger partial charge in [0, 0.05) is 28.2 Å². The fourth-order valence-corrected chi connectivity index (χ4v) is 2.15. The van der Waals surface area contributed by atoms with E-state index in [9.17, 15) is 14.5 Å². The molecule has 0 saturated heterocycles. The van der Waals surface area contributed by atoms with Crippen LogP contribution < -0.4 is 10.5 Å². The number of rotatable bonds is 4. The normalized spacial score (nSPS) is 12.0. The number of nitrogens with two attached hydrogens (primary N) is 1. The van der Waals surface area contributed by atoms with Crippen LogP contribution in [0.15, 0.2) is 40.9 Å². The molecule has 0 aliphatic rings. The summed E-state index contributed by atoms with van der Waals surface area (Å²) in [5.74, 6) is -0.444. The van der Waals surface area contributed by atoms with Crippen LogP contribution in [0.4, 0.5) is 10.1 Å². The highest BCUT2D eigenvalue weighted by molar-refractivity contribution is 9.10. The van der Waals surface area contributed by atoms with Crippen LogP contribution in [0.5, 0.6) is 11.5 Å². The number of nitrogens with zero attached hydrogens (tertiary/aromatic N) is 1. The van der Waals surface area contributed by atoms with Crippen LogP contribution in [0.3, 0.4) is 0 Å². The van der Waals surface area contributed by atoms with E-state index in [1.807, 2.05) is 0 Å². The van der Waals surface area contributed by atoms with Crippen LogP contribution in [0.2, 0.25) is 0 Å². The average molecular weight is 355 g/mol. The van der Waals surface area contributed by atoms with Crippen molar-refractivity contribution in [2.24, 2.45) is 5.73 Å². The fourth-order valence-electron chi connectivity index (χ4n) is 1.81. The number of benzene rings is 2. The van der Waals surface area contributed by atoms with Gasteiger partial charge in [-0.3, -0.25) is 10.1 Å². The Morgan fingerprint density at radius 1 is 1.29 bits per heavy atom. The van der Waals surface area contributed by atoms with Gasteiger partial charge in [0.1, 0.15) is 11.6 Å². The molecule has 2 N–H and O–H groups in total. The second kappa shape index (κ2) is 6.19. The summed E-state index contributed by atoms with van der Waals surface area (Å²) < 4.78 is 19.6. The van der Waals surface area contributed by atoms with Gasteiger partial charge in [-0.05, 0) is 25.1 Å². The molecule has 0 heterocycles. The third-order valence-electron chi connectivity index (χ3n) is 2.80. The first-order valence-corrected chi connectivity index (χ1v) is 6.84. The molecule has 0 amide bonds. The van der Waals surface area contributed by atoms with Gasteiger partial charge in [0.15, 0.2) is 0 Å². The number of nitro groups is 1. The standard InChI is InChI=1S/C14H12BrFN2O3/c1-8(17)11-4-2-9(15)6-13(11)21-14-7-10(16)3-5-12(14)18(19)20/h2-8H,17H2,1H3. The molecule has 21 heavy (non-hydrogen) atoms. The van der Waals surface area contributed by atoms with Gasteiger partial charge in [0.05, 0.1) is 4.92 Å². The molecule has 0 saturated carbocycles. The lowest BCUT2D eigenvalue weighted by Gasteiger charge is -2.14. The van der Waals surface area contributed by atoms with E-state index in [0.29, 0.717) is 11.3 Å². The molecule has 0 aliphatic carbocycles. The minimum Gasteiger partial charge on any atom is -0.450 e. The fraction of sp³-hybridized carbons (Fsp3) is 0.143. The number of nitro benzene ring substituents is 1. The lowest BCUT2D eigenvalue weighted by molar-refractivity contribution is -0.385. The van der Waals surface area contributed by atoms with E-state index in [2.05, 4.69) is 15.9 Å². The van der Waals surface area contributed by atoms with Crippen molar-refractivity contribution in [3.8, 4) is 11.5 Å². The maximum absolute atomic E-state index is 13.3. The maximum Gasteiger partial charge on any atom is 0.311 e. The monoisotopic (exact) mass is 354 g/mol. The highest BCUT2D eigenvalue weighted by atomic mass is 79.9. The molecule has 0 aromatic heterocycles. The lowest BCUT2D eigenvalue weighted by Crippen LogP contribution is -2.07. The zero-order valence-corrected chi connectivity index (χ0v) is 12.6. The molecular formula is C14H12BrFN2O3. The number of hydrogen-bond donors (Lipinski definition) is 1. The highest BCUT2D eigenvalue weighted by Gasteiger charge is 2.19. The van der Waals surface area contributed by atoms with Crippen LogP contribution in [0.1, 0.15) is 18.5 Å². The van der Waals surface area contributed by atoms with Crippen molar-refractivity contribution in [2.45, 2.75) is 13.0 Å². The van der Waals surface area contributed by atoms with Gasteiger partial charge in [0.25, 0.3) is 0 Å². The molecule has 0 spiro atoms. The Labute approximate surface area is 128 Å². The van der Waals surface area contributed by atoms with Crippen LogP contribution in [-0.4, -0.2) is 4.92 Å². The van der Waals surface area contributed by atoms with E-state index in [1.54, 1.807) is 25.1 Å². The molecule has 0 radical (unpaired) electrons. The number of hydrogen-bond acceptors (Lipinski definition) is 4. The van der Waals surface area contributed by atoms with Gasteiger partial charge in [0.2, 0.25) is 5.75 Å². The SMILES string of the molecule is CC(N)c1ccc(Br)cc1Oc1cc(F)ccc1[N+](=O)[O-]. The predicted octanol–water partition coefficient (Wildman–Crippen LogP) is 4.31. The van der Waals surface area contributed by atoms with E-state index in [0.717, 1.165) is 22.7 Å². The van der Waals surface area contributed by atoms with Crippen molar-refractivity contribution in [1.82, 2.24) is 0 Å². The van der Waals surface area contributed by atoms with E-state index in [4.69, 9.17) is 10.5 Å². The average Bonchev–Trinajstić information content (AvgIpc) is 2.38. The van der Waals surface area contributed by atoms with Crippen LogP contribution in [0, 0.1) is 15.9 Å². The molecule has 2 aromatic carbocycles. The van der Waals surface area contributed by atoms with Crippen LogP contribution in [0.25, 0.3) is 0 Å². The van der Waals surface area contributed by atoms with Crippen molar-refractivity contribution in [2.75, 3.05) is 0 Å². The van der Waals surface area contributed by atoms with Gasteiger partial charge in [-0.1, -0.05) is 22.0 Å². The Kier molecular flexibility index (Phi) is 4.54. The minimum absolute atomic E-state index is 0.167. The first-order chi connectivity index (χ1) is 9.88. The zero-order valence-electron chi connectivity index (χ0n) is 11.0. The van der Waals surface area contributed by atoms with Gasteiger partial charge >= 0.3 is 5.69 Å². The molecule has 110 valence electrons. The number of ether oxygens (including phenoxy) is 1. The third-order valence-corrected chi connectivity index (χ3v) is 3.30. The largest absolute Gasteiger partial charge is 0.450 e. The Morgan fingerprint density at radius 2 is 2.00 bits per heavy atom. The summed E-state index contributed by atoms with van der Waals surface area (Å²) in [4.78, 5) is 10.4. The summed E-state index contributed by atoms with van der Waals surface area (Å²) in [5, 5.41) is 11.0. The van der Waals surface area contributed by atoms with E-state index >= 15 is 0 Å². The molecule has 7 heteroatoms.